The first-order valence-electron chi connectivity index (χ1n) is 7.95. The number of nitro groups is 1. The van der Waals surface area contributed by atoms with Crippen LogP contribution in [0, 0.1) is 10.1 Å². The van der Waals surface area contributed by atoms with Crippen molar-refractivity contribution in [2.75, 3.05) is 19.8 Å². The molecule has 1 rings (SSSR count). The third kappa shape index (κ3) is 6.04. The number of carbonyl (C=O) groups is 3. The number of nitrogens with one attached hydrogen (secondary N) is 2. The van der Waals surface area contributed by atoms with Crippen LogP contribution in [0.3, 0.4) is 0 Å². The van der Waals surface area contributed by atoms with E-state index in [0.29, 0.717) is 6.54 Å². The number of benzene rings is 1. The van der Waals surface area contributed by atoms with E-state index in [1.807, 2.05) is 0 Å². The quantitative estimate of drug-likeness (QED) is 0.374. The Labute approximate surface area is 150 Å². The number of nitrogens with zero attached hydrogens (tertiary/aromatic N) is 1. The lowest BCUT2D eigenvalue weighted by molar-refractivity contribution is -0.385. The molecule has 26 heavy (non-hydrogen) atoms. The molecule has 0 unspecified atom stereocenters. The van der Waals surface area contributed by atoms with Crippen molar-refractivity contribution in [2.24, 2.45) is 0 Å². The summed E-state index contributed by atoms with van der Waals surface area (Å²) in [6.45, 7) is 4.93. The number of amides is 2. The topological polar surface area (TPSA) is 137 Å². The number of carbonyl (C=O) groups excluding carboxylic acids is 3. The maximum absolute atomic E-state index is 12.0. The van der Waals surface area contributed by atoms with Crippen LogP contribution in [-0.4, -0.2) is 48.5 Å². The van der Waals surface area contributed by atoms with Crippen LogP contribution in [0.1, 0.15) is 31.1 Å². The van der Waals surface area contributed by atoms with E-state index in [1.54, 1.807) is 13.8 Å². The Morgan fingerprint density at radius 1 is 1.27 bits per heavy atom. The Hall–Kier alpha value is -3.17. The molecule has 0 aromatic heterocycles. The van der Waals surface area contributed by atoms with E-state index in [9.17, 15) is 24.5 Å². The van der Waals surface area contributed by atoms with Gasteiger partial charge in [-0.25, -0.2) is 4.79 Å². The molecule has 2 N–H and O–H groups in total. The highest BCUT2D eigenvalue weighted by Gasteiger charge is 2.20. The fourth-order valence-electron chi connectivity index (χ4n) is 1.96. The first-order chi connectivity index (χ1) is 12.3. The molecule has 0 spiro atoms. The summed E-state index contributed by atoms with van der Waals surface area (Å²) in [7, 11) is 0. The highest BCUT2D eigenvalue weighted by atomic mass is 16.6. The van der Waals surface area contributed by atoms with Gasteiger partial charge in [0, 0.05) is 12.6 Å². The lowest BCUT2D eigenvalue weighted by atomic mass is 10.2. The number of likely N-dealkylation sites (N-methyl/N-ethyl adjacent to an activating group) is 1. The van der Waals surface area contributed by atoms with Crippen LogP contribution in [-0.2, 0) is 14.3 Å². The molecule has 0 bridgehead atoms. The highest BCUT2D eigenvalue weighted by molar-refractivity contribution is 5.93. The van der Waals surface area contributed by atoms with Gasteiger partial charge < -0.3 is 20.1 Å². The predicted molar refractivity (Wildman–Crippen MR) is 90.8 cm³/mol. The smallest absolute Gasteiger partial charge is 0.338 e. The van der Waals surface area contributed by atoms with Gasteiger partial charge in [0.15, 0.2) is 12.4 Å². The van der Waals surface area contributed by atoms with E-state index in [4.69, 9.17) is 9.47 Å². The van der Waals surface area contributed by atoms with Gasteiger partial charge in [-0.1, -0.05) is 0 Å². The van der Waals surface area contributed by atoms with Gasteiger partial charge in [-0.15, -0.1) is 0 Å². The van der Waals surface area contributed by atoms with Crippen LogP contribution in [0.5, 0.6) is 5.75 Å². The molecule has 1 aromatic rings. The van der Waals surface area contributed by atoms with Crippen LogP contribution >= 0.6 is 0 Å². The number of hydrogen-bond acceptors (Lipinski definition) is 7. The summed E-state index contributed by atoms with van der Waals surface area (Å²) in [4.78, 5) is 45.6. The van der Waals surface area contributed by atoms with Crippen molar-refractivity contribution in [3.8, 4) is 5.75 Å². The third-order valence-corrected chi connectivity index (χ3v) is 3.15. The Kier molecular flexibility index (Phi) is 8.00. The highest BCUT2D eigenvalue weighted by Crippen LogP contribution is 2.28. The molecule has 0 heterocycles. The molecule has 0 fully saturated rings. The zero-order chi connectivity index (χ0) is 19.7. The molecule has 142 valence electrons. The number of rotatable bonds is 9. The van der Waals surface area contributed by atoms with Crippen LogP contribution in [0.25, 0.3) is 0 Å². The predicted octanol–water partition coefficient (Wildman–Crippen LogP) is 0.791. The summed E-state index contributed by atoms with van der Waals surface area (Å²) in [6, 6.07) is 2.82. The van der Waals surface area contributed by atoms with E-state index in [-0.39, 0.29) is 29.5 Å². The van der Waals surface area contributed by atoms with Crippen molar-refractivity contribution in [3.05, 3.63) is 33.9 Å². The maximum Gasteiger partial charge on any atom is 0.338 e. The van der Waals surface area contributed by atoms with E-state index in [0.717, 1.165) is 6.07 Å². The van der Waals surface area contributed by atoms with Crippen LogP contribution in [0.15, 0.2) is 18.2 Å². The van der Waals surface area contributed by atoms with Crippen molar-refractivity contribution >= 4 is 23.5 Å². The molecular weight excluding hydrogens is 346 g/mol. The van der Waals surface area contributed by atoms with Gasteiger partial charge in [0.2, 0.25) is 5.91 Å². The largest absolute Gasteiger partial charge is 0.487 e. The van der Waals surface area contributed by atoms with Gasteiger partial charge in [0.1, 0.15) is 6.04 Å². The van der Waals surface area contributed by atoms with Crippen molar-refractivity contribution in [2.45, 2.75) is 26.8 Å². The van der Waals surface area contributed by atoms with Crippen LogP contribution in [0.2, 0.25) is 0 Å². The molecule has 0 saturated heterocycles. The second kappa shape index (κ2) is 9.97. The second-order valence-electron chi connectivity index (χ2n) is 5.13. The monoisotopic (exact) mass is 367 g/mol. The maximum atomic E-state index is 12.0. The van der Waals surface area contributed by atoms with E-state index < -0.39 is 29.4 Å². The number of nitro benzene ring substituents is 1. The average molecular weight is 367 g/mol. The van der Waals surface area contributed by atoms with Gasteiger partial charge in [0.05, 0.1) is 17.1 Å². The number of esters is 1. The number of hydrogen-bond donors (Lipinski definition) is 2. The van der Waals surface area contributed by atoms with Gasteiger partial charge in [-0.05, 0) is 32.9 Å². The summed E-state index contributed by atoms with van der Waals surface area (Å²) in [5.41, 5.74) is -0.472. The lowest BCUT2D eigenvalue weighted by Crippen LogP contribution is -2.46. The van der Waals surface area contributed by atoms with Gasteiger partial charge >= 0.3 is 11.7 Å². The zero-order valence-electron chi connectivity index (χ0n) is 14.7. The third-order valence-electron chi connectivity index (χ3n) is 3.15. The fourth-order valence-corrected chi connectivity index (χ4v) is 1.96. The lowest BCUT2D eigenvalue weighted by Gasteiger charge is -2.13. The molecule has 1 atom stereocenters. The summed E-state index contributed by atoms with van der Waals surface area (Å²) in [5.74, 6) is -1.91. The summed E-state index contributed by atoms with van der Waals surface area (Å²) in [5, 5.41) is 16.0. The molecule has 0 saturated carbocycles. The summed E-state index contributed by atoms with van der Waals surface area (Å²) < 4.78 is 9.94. The van der Waals surface area contributed by atoms with Crippen molar-refractivity contribution in [1.29, 1.82) is 0 Å². The minimum atomic E-state index is -0.906. The Bertz CT molecular complexity index is 690. The molecule has 10 heteroatoms. The molecule has 0 radical (unpaired) electrons. The number of ether oxygens (including phenoxy) is 2. The van der Waals surface area contributed by atoms with Crippen molar-refractivity contribution < 1.29 is 28.8 Å². The molecule has 1 aromatic carbocycles. The molecule has 10 nitrogen and oxygen atoms in total. The minimum absolute atomic E-state index is 0.0301. The molecule has 2 amide bonds. The Morgan fingerprint density at radius 3 is 2.54 bits per heavy atom. The van der Waals surface area contributed by atoms with Gasteiger partial charge in [-0.3, -0.25) is 19.7 Å². The van der Waals surface area contributed by atoms with E-state index >= 15 is 0 Å². The summed E-state index contributed by atoms with van der Waals surface area (Å²) in [6.07, 6.45) is 0. The summed E-state index contributed by atoms with van der Waals surface area (Å²) >= 11 is 0. The Morgan fingerprint density at radius 2 is 1.96 bits per heavy atom. The van der Waals surface area contributed by atoms with Crippen LogP contribution < -0.4 is 15.4 Å². The van der Waals surface area contributed by atoms with E-state index in [2.05, 4.69) is 10.6 Å². The van der Waals surface area contributed by atoms with Gasteiger partial charge in [0.25, 0.3) is 5.91 Å². The van der Waals surface area contributed by atoms with Gasteiger partial charge in [-0.2, -0.15) is 0 Å². The SMILES string of the molecule is CCNC(=O)[C@@H](C)NC(=O)COC(=O)c1ccc(OCC)c([N+](=O)[O-])c1. The molecular formula is C16H21N3O7. The first kappa shape index (κ1) is 20.9. The van der Waals surface area contributed by atoms with Crippen LogP contribution in [0.4, 0.5) is 5.69 Å². The standard InChI is InChI=1S/C16H21N3O7/c1-4-17-15(21)10(3)18-14(20)9-26-16(22)11-6-7-13(25-5-2)12(8-11)19(23)24/h6-8,10H,4-5,9H2,1-3H3,(H,17,21)(H,18,20)/t10-/m1/s1. The zero-order valence-corrected chi connectivity index (χ0v) is 14.7. The van der Waals surface area contributed by atoms with Crippen molar-refractivity contribution in [3.63, 3.8) is 0 Å². The fraction of sp³-hybridized carbons (Fsp3) is 0.438. The van der Waals surface area contributed by atoms with E-state index in [1.165, 1.54) is 19.1 Å². The van der Waals surface area contributed by atoms with Crippen molar-refractivity contribution in [1.82, 2.24) is 10.6 Å². The second-order valence-corrected chi connectivity index (χ2v) is 5.13. The molecule has 0 aliphatic carbocycles. The average Bonchev–Trinajstić information content (AvgIpc) is 2.60. The molecule has 0 aliphatic rings. The normalized spacial score (nSPS) is 11.2. The minimum Gasteiger partial charge on any atom is -0.487 e. The first-order valence-corrected chi connectivity index (χ1v) is 7.95. The Balaban J connectivity index is 2.68. The molecule has 0 aliphatic heterocycles.